The SMILES string of the molecule is Cc1ccc(Sc2nccnc2N2CCC[C@@H](C(=O)Nc3ccc(N4CCOCC4)cc3)C2)cc1. The van der Waals surface area contributed by atoms with E-state index in [1.54, 1.807) is 24.2 Å². The zero-order chi connectivity index (χ0) is 24.0. The van der Waals surface area contributed by atoms with Crippen molar-refractivity contribution in [3.63, 3.8) is 0 Å². The molecule has 35 heavy (non-hydrogen) atoms. The maximum atomic E-state index is 13.1. The van der Waals surface area contributed by atoms with E-state index in [4.69, 9.17) is 4.74 Å². The lowest BCUT2D eigenvalue weighted by Crippen LogP contribution is -2.41. The average Bonchev–Trinajstić information content (AvgIpc) is 2.91. The van der Waals surface area contributed by atoms with Crippen LogP contribution in [0.15, 0.2) is 70.8 Å². The third kappa shape index (κ3) is 5.94. The fraction of sp³-hybridized carbons (Fsp3) is 0.370. The number of aromatic nitrogens is 2. The number of aryl methyl sites for hydroxylation is 1. The first-order chi connectivity index (χ1) is 17.2. The van der Waals surface area contributed by atoms with Gasteiger partial charge in [0, 0.05) is 54.8 Å². The third-order valence-corrected chi connectivity index (χ3v) is 7.47. The molecule has 1 N–H and O–H groups in total. The van der Waals surface area contributed by atoms with Crippen molar-refractivity contribution >= 4 is 34.9 Å². The molecule has 1 amide bonds. The van der Waals surface area contributed by atoms with Gasteiger partial charge in [0.05, 0.1) is 19.1 Å². The summed E-state index contributed by atoms with van der Waals surface area (Å²) in [6.45, 7) is 6.91. The molecule has 3 aromatic rings. The number of benzene rings is 2. The molecule has 2 fully saturated rings. The number of morpholine rings is 1. The summed E-state index contributed by atoms with van der Waals surface area (Å²) in [6.07, 6.45) is 5.27. The van der Waals surface area contributed by atoms with Crippen molar-refractivity contribution in [2.75, 3.05) is 54.5 Å². The number of hydrogen-bond acceptors (Lipinski definition) is 7. The molecule has 0 unspecified atom stereocenters. The van der Waals surface area contributed by atoms with Crippen LogP contribution >= 0.6 is 11.8 Å². The number of ether oxygens (including phenoxy) is 1. The van der Waals surface area contributed by atoms with Gasteiger partial charge in [-0.25, -0.2) is 9.97 Å². The van der Waals surface area contributed by atoms with Gasteiger partial charge in [-0.2, -0.15) is 0 Å². The molecule has 2 aliphatic heterocycles. The summed E-state index contributed by atoms with van der Waals surface area (Å²) < 4.78 is 5.43. The van der Waals surface area contributed by atoms with Crippen molar-refractivity contribution in [1.82, 2.24) is 9.97 Å². The van der Waals surface area contributed by atoms with Crippen LogP contribution in [-0.4, -0.2) is 55.3 Å². The maximum Gasteiger partial charge on any atom is 0.229 e. The minimum atomic E-state index is -0.0955. The van der Waals surface area contributed by atoms with Crippen molar-refractivity contribution in [3.05, 3.63) is 66.5 Å². The predicted octanol–water partition coefficient (Wildman–Crippen LogP) is 4.63. The Kier molecular flexibility index (Phi) is 7.49. The van der Waals surface area contributed by atoms with Gasteiger partial charge in [-0.3, -0.25) is 4.79 Å². The standard InChI is InChI=1S/C27H31N5O2S/c1-20-4-10-24(11-5-20)35-27-25(28-12-13-29-27)32-14-2-3-21(19-32)26(33)30-22-6-8-23(9-7-22)31-15-17-34-18-16-31/h4-13,21H,2-3,14-19H2,1H3,(H,30,33)/t21-/m1/s1. The van der Waals surface area contributed by atoms with Gasteiger partial charge < -0.3 is 19.9 Å². The number of anilines is 3. The van der Waals surface area contributed by atoms with E-state index in [1.165, 1.54) is 5.56 Å². The molecule has 0 spiro atoms. The lowest BCUT2D eigenvalue weighted by atomic mass is 9.97. The van der Waals surface area contributed by atoms with Gasteiger partial charge in [0.25, 0.3) is 0 Å². The van der Waals surface area contributed by atoms with Crippen molar-refractivity contribution in [2.45, 2.75) is 29.7 Å². The molecular formula is C27H31N5O2S. The van der Waals surface area contributed by atoms with Crippen LogP contribution in [0.3, 0.4) is 0 Å². The molecular weight excluding hydrogens is 458 g/mol. The van der Waals surface area contributed by atoms with Gasteiger partial charge >= 0.3 is 0 Å². The Balaban J connectivity index is 1.23. The second kappa shape index (κ2) is 11.1. The van der Waals surface area contributed by atoms with Crippen LogP contribution in [0.5, 0.6) is 0 Å². The summed E-state index contributed by atoms with van der Waals surface area (Å²) >= 11 is 1.61. The van der Waals surface area contributed by atoms with Crippen LogP contribution in [0.25, 0.3) is 0 Å². The number of hydrogen-bond donors (Lipinski definition) is 1. The second-order valence-electron chi connectivity index (χ2n) is 9.02. The average molecular weight is 490 g/mol. The molecule has 0 saturated carbocycles. The zero-order valence-electron chi connectivity index (χ0n) is 20.0. The first-order valence-electron chi connectivity index (χ1n) is 12.2. The Morgan fingerprint density at radius 2 is 1.71 bits per heavy atom. The summed E-state index contributed by atoms with van der Waals surface area (Å²) in [7, 11) is 0. The van der Waals surface area contributed by atoms with Gasteiger partial charge in [-0.1, -0.05) is 29.5 Å². The molecule has 2 aliphatic rings. The summed E-state index contributed by atoms with van der Waals surface area (Å²) in [6, 6.07) is 16.5. The van der Waals surface area contributed by atoms with Gasteiger partial charge in [0.1, 0.15) is 5.03 Å². The highest BCUT2D eigenvalue weighted by molar-refractivity contribution is 7.99. The fourth-order valence-electron chi connectivity index (χ4n) is 4.53. The number of piperidine rings is 1. The van der Waals surface area contributed by atoms with E-state index in [2.05, 4.69) is 68.4 Å². The number of carbonyl (C=O) groups is 1. The quantitative estimate of drug-likeness (QED) is 0.541. The van der Waals surface area contributed by atoms with Gasteiger partial charge in [-0.15, -0.1) is 0 Å². The normalized spacial score (nSPS) is 18.4. The molecule has 1 atom stereocenters. The molecule has 0 bridgehead atoms. The van der Waals surface area contributed by atoms with E-state index in [1.807, 2.05) is 12.1 Å². The first-order valence-corrected chi connectivity index (χ1v) is 13.0. The van der Waals surface area contributed by atoms with E-state index < -0.39 is 0 Å². The number of nitrogens with one attached hydrogen (secondary N) is 1. The largest absolute Gasteiger partial charge is 0.378 e. The van der Waals surface area contributed by atoms with E-state index in [-0.39, 0.29) is 11.8 Å². The number of rotatable bonds is 6. The molecule has 1 aromatic heterocycles. The van der Waals surface area contributed by atoms with Crippen molar-refractivity contribution in [2.24, 2.45) is 5.92 Å². The molecule has 182 valence electrons. The Bertz CT molecular complexity index is 1130. The Hall–Kier alpha value is -3.10. The third-order valence-electron chi connectivity index (χ3n) is 6.48. The van der Waals surface area contributed by atoms with Crippen LogP contribution < -0.4 is 15.1 Å². The summed E-state index contributed by atoms with van der Waals surface area (Å²) in [4.78, 5) is 28.0. The highest BCUT2D eigenvalue weighted by Crippen LogP contribution is 2.34. The molecule has 0 radical (unpaired) electrons. The smallest absolute Gasteiger partial charge is 0.229 e. The zero-order valence-corrected chi connectivity index (χ0v) is 20.8. The second-order valence-corrected chi connectivity index (χ2v) is 10.1. The summed E-state index contributed by atoms with van der Waals surface area (Å²) in [5.41, 5.74) is 3.23. The van der Waals surface area contributed by atoms with E-state index in [9.17, 15) is 4.79 Å². The topological polar surface area (TPSA) is 70.6 Å². The molecule has 2 saturated heterocycles. The minimum absolute atomic E-state index is 0.0606. The Labute approximate surface area is 210 Å². The van der Waals surface area contributed by atoms with E-state index in [0.29, 0.717) is 6.54 Å². The van der Waals surface area contributed by atoms with Crippen molar-refractivity contribution in [3.8, 4) is 0 Å². The molecule has 0 aliphatic carbocycles. The highest BCUT2D eigenvalue weighted by atomic mass is 32.2. The van der Waals surface area contributed by atoms with Crippen LogP contribution in [0, 0.1) is 12.8 Å². The van der Waals surface area contributed by atoms with Crippen LogP contribution in [0.4, 0.5) is 17.2 Å². The Morgan fingerprint density at radius 1 is 0.971 bits per heavy atom. The van der Waals surface area contributed by atoms with Crippen LogP contribution in [0.2, 0.25) is 0 Å². The Morgan fingerprint density at radius 3 is 2.49 bits per heavy atom. The lowest BCUT2D eigenvalue weighted by Gasteiger charge is -2.33. The number of amides is 1. The lowest BCUT2D eigenvalue weighted by molar-refractivity contribution is -0.120. The fourth-order valence-corrected chi connectivity index (χ4v) is 5.41. The van der Waals surface area contributed by atoms with Gasteiger partial charge in [-0.05, 0) is 56.2 Å². The van der Waals surface area contributed by atoms with Gasteiger partial charge in [0.2, 0.25) is 5.91 Å². The van der Waals surface area contributed by atoms with E-state index in [0.717, 1.165) is 72.8 Å². The minimum Gasteiger partial charge on any atom is -0.378 e. The van der Waals surface area contributed by atoms with Crippen molar-refractivity contribution < 1.29 is 9.53 Å². The molecule has 2 aromatic carbocycles. The van der Waals surface area contributed by atoms with Gasteiger partial charge in [0.15, 0.2) is 5.82 Å². The van der Waals surface area contributed by atoms with Crippen molar-refractivity contribution in [1.29, 1.82) is 0 Å². The van der Waals surface area contributed by atoms with Crippen LogP contribution in [0.1, 0.15) is 18.4 Å². The number of nitrogens with zero attached hydrogens (tertiary/aromatic N) is 4. The summed E-state index contributed by atoms with van der Waals surface area (Å²) in [5.74, 6) is 0.817. The van der Waals surface area contributed by atoms with Crippen LogP contribution in [-0.2, 0) is 9.53 Å². The van der Waals surface area contributed by atoms with E-state index >= 15 is 0 Å². The number of carbonyl (C=O) groups excluding carboxylic acids is 1. The first kappa shape index (κ1) is 23.6. The summed E-state index contributed by atoms with van der Waals surface area (Å²) in [5, 5.41) is 3.99. The molecule has 3 heterocycles. The molecule has 7 nitrogen and oxygen atoms in total. The molecule has 8 heteroatoms. The molecule has 5 rings (SSSR count). The monoisotopic (exact) mass is 489 g/mol. The predicted molar refractivity (Wildman–Crippen MR) is 140 cm³/mol. The highest BCUT2D eigenvalue weighted by Gasteiger charge is 2.28. The maximum absolute atomic E-state index is 13.1.